The predicted molar refractivity (Wildman–Crippen MR) is 39.3 cm³/mol. The molecule has 0 aromatic rings. The maximum atomic E-state index is 5.65. The zero-order chi connectivity index (χ0) is 7.90. The van der Waals surface area contributed by atoms with E-state index in [1.54, 1.807) is 0 Å². The SMILES string of the molecule is CC1(C)OCC2OCCC2O1. The lowest BCUT2D eigenvalue weighted by atomic mass is 10.1. The molecule has 11 heavy (non-hydrogen) atoms. The quantitative estimate of drug-likeness (QED) is 0.525. The Balaban J connectivity index is 2.02. The number of ether oxygens (including phenoxy) is 3. The maximum Gasteiger partial charge on any atom is 0.163 e. The Hall–Kier alpha value is -0.120. The Bertz CT molecular complexity index is 155. The highest BCUT2D eigenvalue weighted by molar-refractivity contribution is 4.82. The first-order valence-electron chi connectivity index (χ1n) is 4.11. The monoisotopic (exact) mass is 158 g/mol. The molecule has 0 aromatic heterocycles. The van der Waals surface area contributed by atoms with Crippen molar-refractivity contribution >= 4 is 0 Å². The summed E-state index contributed by atoms with van der Waals surface area (Å²) in [6.45, 7) is 5.38. The van der Waals surface area contributed by atoms with E-state index >= 15 is 0 Å². The molecular formula is C8H14O3. The molecule has 0 bridgehead atoms. The van der Waals surface area contributed by atoms with Crippen molar-refractivity contribution in [3.05, 3.63) is 0 Å². The van der Waals surface area contributed by atoms with Gasteiger partial charge in [-0.05, 0) is 20.3 Å². The van der Waals surface area contributed by atoms with Crippen molar-refractivity contribution in [3.8, 4) is 0 Å². The van der Waals surface area contributed by atoms with Crippen LogP contribution >= 0.6 is 0 Å². The zero-order valence-electron chi connectivity index (χ0n) is 7.00. The van der Waals surface area contributed by atoms with Crippen LogP contribution in [-0.2, 0) is 14.2 Å². The third kappa shape index (κ3) is 1.41. The summed E-state index contributed by atoms with van der Waals surface area (Å²) < 4.78 is 16.5. The number of rotatable bonds is 0. The summed E-state index contributed by atoms with van der Waals surface area (Å²) in [6, 6.07) is 0. The molecular weight excluding hydrogens is 144 g/mol. The minimum atomic E-state index is -0.408. The normalized spacial score (nSPS) is 42.0. The van der Waals surface area contributed by atoms with Crippen LogP contribution in [0.2, 0.25) is 0 Å². The van der Waals surface area contributed by atoms with Crippen LogP contribution in [0.4, 0.5) is 0 Å². The van der Waals surface area contributed by atoms with Crippen molar-refractivity contribution < 1.29 is 14.2 Å². The minimum Gasteiger partial charge on any atom is -0.373 e. The highest BCUT2D eigenvalue weighted by Gasteiger charge is 2.39. The molecule has 2 heterocycles. The Morgan fingerprint density at radius 2 is 2.09 bits per heavy atom. The van der Waals surface area contributed by atoms with Crippen molar-refractivity contribution in [1.82, 2.24) is 0 Å². The van der Waals surface area contributed by atoms with Gasteiger partial charge < -0.3 is 14.2 Å². The molecule has 0 saturated carbocycles. The lowest BCUT2D eigenvalue weighted by Gasteiger charge is -2.37. The highest BCUT2D eigenvalue weighted by Crippen LogP contribution is 2.29. The molecule has 0 N–H and O–H groups in total. The standard InChI is InChI=1S/C8H14O3/c1-8(2)10-5-7-6(11-8)3-4-9-7/h6-7H,3-5H2,1-2H3. The van der Waals surface area contributed by atoms with Gasteiger partial charge in [0.1, 0.15) is 6.10 Å². The number of fused-ring (bicyclic) bond motifs is 1. The topological polar surface area (TPSA) is 27.7 Å². The van der Waals surface area contributed by atoms with Crippen molar-refractivity contribution in [3.63, 3.8) is 0 Å². The van der Waals surface area contributed by atoms with E-state index in [4.69, 9.17) is 14.2 Å². The van der Waals surface area contributed by atoms with E-state index in [9.17, 15) is 0 Å². The summed E-state index contributed by atoms with van der Waals surface area (Å²) in [4.78, 5) is 0. The minimum absolute atomic E-state index is 0.183. The third-order valence-corrected chi connectivity index (χ3v) is 2.18. The largest absolute Gasteiger partial charge is 0.373 e. The van der Waals surface area contributed by atoms with Crippen molar-refractivity contribution in [2.75, 3.05) is 13.2 Å². The lowest BCUT2D eigenvalue weighted by molar-refractivity contribution is -0.292. The van der Waals surface area contributed by atoms with Gasteiger partial charge in [0, 0.05) is 6.61 Å². The number of hydrogen-bond donors (Lipinski definition) is 0. The molecule has 0 amide bonds. The summed E-state index contributed by atoms with van der Waals surface area (Å²) in [5.74, 6) is -0.408. The Kier molecular flexibility index (Phi) is 1.67. The summed E-state index contributed by atoms with van der Waals surface area (Å²) in [5, 5.41) is 0. The van der Waals surface area contributed by atoms with E-state index < -0.39 is 5.79 Å². The van der Waals surface area contributed by atoms with Crippen LogP contribution in [-0.4, -0.2) is 31.2 Å². The van der Waals surface area contributed by atoms with Crippen molar-refractivity contribution in [1.29, 1.82) is 0 Å². The molecule has 0 radical (unpaired) electrons. The molecule has 2 unspecified atom stereocenters. The zero-order valence-corrected chi connectivity index (χ0v) is 7.00. The van der Waals surface area contributed by atoms with Gasteiger partial charge in [-0.2, -0.15) is 0 Å². The molecule has 2 saturated heterocycles. The second kappa shape index (κ2) is 2.44. The Labute approximate surface area is 66.6 Å². The van der Waals surface area contributed by atoms with Gasteiger partial charge in [0.25, 0.3) is 0 Å². The molecule has 0 aromatic carbocycles. The van der Waals surface area contributed by atoms with E-state index in [2.05, 4.69) is 0 Å². The van der Waals surface area contributed by atoms with Crippen LogP contribution in [0.15, 0.2) is 0 Å². The molecule has 64 valence electrons. The molecule has 2 atom stereocenters. The molecule has 0 spiro atoms. The van der Waals surface area contributed by atoms with Crippen molar-refractivity contribution in [2.45, 2.75) is 38.3 Å². The fourth-order valence-electron chi connectivity index (χ4n) is 1.60. The Morgan fingerprint density at radius 1 is 1.27 bits per heavy atom. The van der Waals surface area contributed by atoms with Crippen LogP contribution in [0.3, 0.4) is 0 Å². The van der Waals surface area contributed by atoms with Gasteiger partial charge in [0.05, 0.1) is 12.7 Å². The van der Waals surface area contributed by atoms with Crippen LogP contribution < -0.4 is 0 Å². The van der Waals surface area contributed by atoms with Gasteiger partial charge in [0.15, 0.2) is 5.79 Å². The van der Waals surface area contributed by atoms with E-state index in [1.165, 1.54) is 0 Å². The number of hydrogen-bond acceptors (Lipinski definition) is 3. The van der Waals surface area contributed by atoms with Gasteiger partial charge >= 0.3 is 0 Å². The molecule has 2 rings (SSSR count). The summed E-state index contributed by atoms with van der Waals surface area (Å²) in [6.07, 6.45) is 1.46. The molecule has 3 nitrogen and oxygen atoms in total. The Morgan fingerprint density at radius 3 is 2.91 bits per heavy atom. The third-order valence-electron chi connectivity index (χ3n) is 2.18. The molecule has 0 aliphatic carbocycles. The van der Waals surface area contributed by atoms with E-state index in [1.807, 2.05) is 13.8 Å². The van der Waals surface area contributed by atoms with Crippen LogP contribution in [0.5, 0.6) is 0 Å². The average Bonchev–Trinajstić information content (AvgIpc) is 2.31. The predicted octanol–water partition coefficient (Wildman–Crippen LogP) is 0.927. The van der Waals surface area contributed by atoms with E-state index in [-0.39, 0.29) is 12.2 Å². The van der Waals surface area contributed by atoms with E-state index in [0.29, 0.717) is 6.61 Å². The fraction of sp³-hybridized carbons (Fsp3) is 1.00. The van der Waals surface area contributed by atoms with Crippen LogP contribution in [0.1, 0.15) is 20.3 Å². The molecule has 2 fully saturated rings. The van der Waals surface area contributed by atoms with Gasteiger partial charge in [0.2, 0.25) is 0 Å². The first kappa shape index (κ1) is 7.53. The lowest BCUT2D eigenvalue weighted by Crippen LogP contribution is -2.46. The van der Waals surface area contributed by atoms with E-state index in [0.717, 1.165) is 13.0 Å². The smallest absolute Gasteiger partial charge is 0.163 e. The van der Waals surface area contributed by atoms with Gasteiger partial charge in [-0.3, -0.25) is 0 Å². The second-order valence-corrected chi connectivity index (χ2v) is 3.57. The molecule has 2 aliphatic heterocycles. The molecule has 2 aliphatic rings. The first-order valence-corrected chi connectivity index (χ1v) is 4.11. The summed E-state index contributed by atoms with van der Waals surface area (Å²) in [5.41, 5.74) is 0. The molecule has 3 heteroatoms. The van der Waals surface area contributed by atoms with Crippen LogP contribution in [0, 0.1) is 0 Å². The van der Waals surface area contributed by atoms with Crippen molar-refractivity contribution in [2.24, 2.45) is 0 Å². The average molecular weight is 158 g/mol. The summed E-state index contributed by atoms with van der Waals surface area (Å²) >= 11 is 0. The second-order valence-electron chi connectivity index (χ2n) is 3.57. The van der Waals surface area contributed by atoms with Gasteiger partial charge in [-0.15, -0.1) is 0 Å². The fourth-order valence-corrected chi connectivity index (χ4v) is 1.60. The highest BCUT2D eigenvalue weighted by atomic mass is 16.7. The maximum absolute atomic E-state index is 5.65. The van der Waals surface area contributed by atoms with Gasteiger partial charge in [-0.1, -0.05) is 0 Å². The summed E-state index contributed by atoms with van der Waals surface area (Å²) in [7, 11) is 0. The first-order chi connectivity index (χ1) is 5.17. The van der Waals surface area contributed by atoms with Gasteiger partial charge in [-0.25, -0.2) is 0 Å². The van der Waals surface area contributed by atoms with Crippen LogP contribution in [0.25, 0.3) is 0 Å².